The van der Waals surface area contributed by atoms with Crippen LogP contribution in [0.2, 0.25) is 0 Å². The van der Waals surface area contributed by atoms with Crippen molar-refractivity contribution in [1.82, 2.24) is 19.9 Å². The number of benzene rings is 4. The van der Waals surface area contributed by atoms with Crippen LogP contribution in [0.5, 0.6) is 0 Å². The van der Waals surface area contributed by atoms with Gasteiger partial charge in [-0.2, -0.15) is 0 Å². The molecular formula is C28H24N4. The van der Waals surface area contributed by atoms with E-state index in [4.69, 9.17) is 0 Å². The van der Waals surface area contributed by atoms with Gasteiger partial charge in [0, 0.05) is 11.1 Å². The first-order chi connectivity index (χ1) is 15.7. The first-order valence-electron chi connectivity index (χ1n) is 10.7. The van der Waals surface area contributed by atoms with Crippen molar-refractivity contribution in [1.29, 1.82) is 0 Å². The van der Waals surface area contributed by atoms with E-state index in [2.05, 4.69) is 70.2 Å². The lowest BCUT2D eigenvalue weighted by Crippen LogP contribution is -1.83. The number of aromatic amines is 2. The van der Waals surface area contributed by atoms with Gasteiger partial charge < -0.3 is 9.97 Å². The van der Waals surface area contributed by atoms with Gasteiger partial charge in [0.15, 0.2) is 0 Å². The van der Waals surface area contributed by atoms with E-state index in [1.807, 2.05) is 60.7 Å². The molecule has 0 aliphatic carbocycles. The Hall–Kier alpha value is -4.18. The third-order valence-electron chi connectivity index (χ3n) is 5.47. The Morgan fingerprint density at radius 1 is 0.562 bits per heavy atom. The van der Waals surface area contributed by atoms with Crippen LogP contribution in [0.3, 0.4) is 0 Å². The average Bonchev–Trinajstić information content (AvgIpc) is 3.44. The lowest BCUT2D eigenvalue weighted by molar-refractivity contribution is 1.31. The molecule has 0 unspecified atom stereocenters. The average molecular weight is 417 g/mol. The zero-order valence-corrected chi connectivity index (χ0v) is 18.1. The van der Waals surface area contributed by atoms with Gasteiger partial charge in [0.1, 0.15) is 11.6 Å². The fourth-order valence-electron chi connectivity index (χ4n) is 3.80. The first-order valence-corrected chi connectivity index (χ1v) is 10.7. The Morgan fingerprint density at radius 3 is 1.81 bits per heavy atom. The van der Waals surface area contributed by atoms with Crippen molar-refractivity contribution in [3.05, 3.63) is 108 Å². The molecule has 0 aliphatic rings. The van der Waals surface area contributed by atoms with E-state index < -0.39 is 0 Å². The predicted molar refractivity (Wildman–Crippen MR) is 133 cm³/mol. The minimum Gasteiger partial charge on any atom is -0.338 e. The van der Waals surface area contributed by atoms with E-state index in [9.17, 15) is 0 Å². The molecule has 4 heteroatoms. The number of hydrogen-bond acceptors (Lipinski definition) is 2. The molecule has 0 fully saturated rings. The van der Waals surface area contributed by atoms with Crippen LogP contribution in [0.25, 0.3) is 44.8 Å². The summed E-state index contributed by atoms with van der Waals surface area (Å²) in [6, 6.07) is 32.8. The standard InChI is InChI=1S/2C14H12N2/c1-10-5-4-6-11(9-10)14-15-12-7-2-3-8-13(12)16-14;1-10-6-2-3-7-11(10)14-15-12-8-4-5-9-13(12)16-14/h2*2-9H,1H3,(H,15,16). The van der Waals surface area contributed by atoms with E-state index in [-0.39, 0.29) is 0 Å². The summed E-state index contributed by atoms with van der Waals surface area (Å²) in [7, 11) is 0. The molecule has 0 bridgehead atoms. The Balaban J connectivity index is 0.000000135. The van der Waals surface area contributed by atoms with Gasteiger partial charge in [0.2, 0.25) is 0 Å². The fourth-order valence-corrected chi connectivity index (χ4v) is 3.80. The smallest absolute Gasteiger partial charge is 0.138 e. The highest BCUT2D eigenvalue weighted by molar-refractivity contribution is 5.80. The van der Waals surface area contributed by atoms with E-state index in [1.165, 1.54) is 16.7 Å². The maximum atomic E-state index is 4.59. The van der Waals surface area contributed by atoms with Gasteiger partial charge in [-0.3, -0.25) is 0 Å². The molecule has 6 aromatic rings. The van der Waals surface area contributed by atoms with Crippen LogP contribution in [0.1, 0.15) is 11.1 Å². The monoisotopic (exact) mass is 416 g/mol. The number of H-pyrrole nitrogens is 2. The summed E-state index contributed by atoms with van der Waals surface area (Å²) in [4.78, 5) is 15.8. The topological polar surface area (TPSA) is 57.4 Å². The number of nitrogens with zero attached hydrogens (tertiary/aromatic N) is 2. The van der Waals surface area contributed by atoms with Crippen LogP contribution in [-0.2, 0) is 0 Å². The van der Waals surface area contributed by atoms with Gasteiger partial charge in [-0.05, 0) is 49.7 Å². The second-order valence-corrected chi connectivity index (χ2v) is 7.89. The van der Waals surface area contributed by atoms with Crippen molar-refractivity contribution >= 4 is 22.1 Å². The fraction of sp³-hybridized carbons (Fsp3) is 0.0714. The van der Waals surface area contributed by atoms with Gasteiger partial charge in [-0.15, -0.1) is 0 Å². The molecule has 0 aliphatic heterocycles. The second-order valence-electron chi connectivity index (χ2n) is 7.89. The minimum atomic E-state index is 0.935. The highest BCUT2D eigenvalue weighted by Gasteiger charge is 2.06. The van der Waals surface area contributed by atoms with Gasteiger partial charge in [0.05, 0.1) is 22.1 Å². The molecule has 2 N–H and O–H groups in total. The number of aromatic nitrogens is 4. The number of nitrogens with one attached hydrogen (secondary N) is 2. The van der Waals surface area contributed by atoms with E-state index in [0.717, 1.165) is 39.3 Å². The minimum absolute atomic E-state index is 0.935. The quantitative estimate of drug-likeness (QED) is 0.317. The van der Waals surface area contributed by atoms with Crippen LogP contribution in [0.15, 0.2) is 97.1 Å². The third-order valence-corrected chi connectivity index (χ3v) is 5.47. The number of hydrogen-bond donors (Lipinski definition) is 2. The van der Waals surface area contributed by atoms with Crippen LogP contribution >= 0.6 is 0 Å². The van der Waals surface area contributed by atoms with E-state index in [0.29, 0.717) is 0 Å². The zero-order chi connectivity index (χ0) is 21.9. The molecular weight excluding hydrogens is 392 g/mol. The Kier molecular flexibility index (Phi) is 5.26. The van der Waals surface area contributed by atoms with E-state index in [1.54, 1.807) is 0 Å². The van der Waals surface area contributed by atoms with Gasteiger partial charge in [0.25, 0.3) is 0 Å². The lowest BCUT2D eigenvalue weighted by atomic mass is 10.1. The molecule has 0 atom stereocenters. The van der Waals surface area contributed by atoms with Gasteiger partial charge in [-0.1, -0.05) is 72.3 Å². The number of rotatable bonds is 2. The summed E-state index contributed by atoms with van der Waals surface area (Å²) in [5.74, 6) is 1.88. The van der Waals surface area contributed by atoms with Crippen molar-refractivity contribution in [3.63, 3.8) is 0 Å². The van der Waals surface area contributed by atoms with Crippen molar-refractivity contribution in [2.75, 3.05) is 0 Å². The molecule has 0 radical (unpaired) electrons. The summed E-state index contributed by atoms with van der Waals surface area (Å²) >= 11 is 0. The maximum absolute atomic E-state index is 4.59. The van der Waals surface area contributed by atoms with Crippen LogP contribution in [-0.4, -0.2) is 19.9 Å². The highest BCUT2D eigenvalue weighted by atomic mass is 14.9. The number of para-hydroxylation sites is 4. The molecule has 0 saturated heterocycles. The summed E-state index contributed by atoms with van der Waals surface area (Å²) < 4.78 is 0. The summed E-state index contributed by atoms with van der Waals surface area (Å²) in [5.41, 5.74) is 8.98. The van der Waals surface area contributed by atoms with Crippen LogP contribution in [0, 0.1) is 13.8 Å². The maximum Gasteiger partial charge on any atom is 0.138 e. The molecule has 0 saturated carbocycles. The molecule has 4 nitrogen and oxygen atoms in total. The van der Waals surface area contributed by atoms with Crippen LogP contribution in [0.4, 0.5) is 0 Å². The molecule has 2 heterocycles. The second kappa shape index (κ2) is 8.52. The molecule has 156 valence electrons. The number of fused-ring (bicyclic) bond motifs is 2. The third kappa shape index (κ3) is 4.03. The normalized spacial score (nSPS) is 10.8. The van der Waals surface area contributed by atoms with Crippen molar-refractivity contribution in [2.45, 2.75) is 13.8 Å². The SMILES string of the molecule is Cc1cccc(-c2nc3ccccc3[nH]2)c1.Cc1ccccc1-c1nc2ccccc2[nH]1. The van der Waals surface area contributed by atoms with Crippen molar-refractivity contribution < 1.29 is 0 Å². The Bertz CT molecular complexity index is 1440. The van der Waals surface area contributed by atoms with Crippen molar-refractivity contribution in [3.8, 4) is 22.8 Å². The zero-order valence-electron chi connectivity index (χ0n) is 18.1. The van der Waals surface area contributed by atoms with Crippen LogP contribution < -0.4 is 0 Å². The molecule has 32 heavy (non-hydrogen) atoms. The summed E-state index contributed by atoms with van der Waals surface area (Å²) in [6.45, 7) is 4.19. The molecule has 0 spiro atoms. The number of imidazole rings is 2. The predicted octanol–water partition coefficient (Wildman–Crippen LogP) is 7.08. The molecule has 2 aromatic heterocycles. The number of aryl methyl sites for hydroxylation is 2. The van der Waals surface area contributed by atoms with Gasteiger partial charge >= 0.3 is 0 Å². The molecule has 0 amide bonds. The summed E-state index contributed by atoms with van der Waals surface area (Å²) in [5, 5.41) is 0. The van der Waals surface area contributed by atoms with Crippen molar-refractivity contribution in [2.24, 2.45) is 0 Å². The lowest BCUT2D eigenvalue weighted by Gasteiger charge is -2.00. The summed E-state index contributed by atoms with van der Waals surface area (Å²) in [6.07, 6.45) is 0. The molecule has 4 aromatic carbocycles. The Labute approximate surface area is 187 Å². The van der Waals surface area contributed by atoms with Gasteiger partial charge in [-0.25, -0.2) is 9.97 Å². The van der Waals surface area contributed by atoms with E-state index >= 15 is 0 Å². The molecule has 6 rings (SSSR count). The largest absolute Gasteiger partial charge is 0.338 e. The first kappa shape index (κ1) is 19.8. The highest BCUT2D eigenvalue weighted by Crippen LogP contribution is 2.23. The Morgan fingerprint density at radius 2 is 1.16 bits per heavy atom.